The standard InChI is InChI=1S/C17H14N2O4S2/c1-24-16-13(17(20)21)7-11-8-18-9-19-15(11)14(16)10-3-5-12(6-4-10)25(2,22)23/h3-9H,1-2H3,(H,20,21). The van der Waals surface area contributed by atoms with Crippen LogP contribution < -0.4 is 0 Å². The summed E-state index contributed by atoms with van der Waals surface area (Å²) in [7, 11) is -3.31. The van der Waals surface area contributed by atoms with Crippen molar-refractivity contribution in [3.8, 4) is 11.1 Å². The second-order valence-corrected chi connectivity index (χ2v) is 8.23. The fourth-order valence-electron chi connectivity index (χ4n) is 2.63. The number of hydrogen-bond acceptors (Lipinski definition) is 6. The third-order valence-electron chi connectivity index (χ3n) is 3.75. The van der Waals surface area contributed by atoms with E-state index in [1.807, 2.05) is 0 Å². The van der Waals surface area contributed by atoms with Crippen LogP contribution in [-0.2, 0) is 9.84 Å². The van der Waals surface area contributed by atoms with E-state index in [4.69, 9.17) is 0 Å². The van der Waals surface area contributed by atoms with E-state index in [1.165, 1.54) is 30.2 Å². The number of rotatable bonds is 4. The average molecular weight is 374 g/mol. The summed E-state index contributed by atoms with van der Waals surface area (Å²) < 4.78 is 23.3. The largest absolute Gasteiger partial charge is 0.478 e. The van der Waals surface area contributed by atoms with Gasteiger partial charge >= 0.3 is 5.97 Å². The van der Waals surface area contributed by atoms with E-state index >= 15 is 0 Å². The molecule has 3 aromatic rings. The van der Waals surface area contributed by atoms with Gasteiger partial charge < -0.3 is 5.11 Å². The summed E-state index contributed by atoms with van der Waals surface area (Å²) in [5.41, 5.74) is 2.14. The molecule has 0 radical (unpaired) electrons. The minimum Gasteiger partial charge on any atom is -0.478 e. The Morgan fingerprint density at radius 2 is 1.88 bits per heavy atom. The molecule has 1 N–H and O–H groups in total. The predicted octanol–water partition coefficient (Wildman–Crippen LogP) is 3.12. The van der Waals surface area contributed by atoms with Gasteiger partial charge in [-0.2, -0.15) is 0 Å². The molecule has 3 rings (SSSR count). The molecule has 128 valence electrons. The summed E-state index contributed by atoms with van der Waals surface area (Å²) in [6.07, 6.45) is 5.90. The summed E-state index contributed by atoms with van der Waals surface area (Å²) >= 11 is 1.31. The number of nitrogens with zero attached hydrogens (tertiary/aromatic N) is 2. The first kappa shape index (κ1) is 17.4. The topological polar surface area (TPSA) is 97.2 Å². The van der Waals surface area contributed by atoms with Gasteiger partial charge in [0.15, 0.2) is 9.84 Å². The average Bonchev–Trinajstić information content (AvgIpc) is 2.59. The smallest absolute Gasteiger partial charge is 0.336 e. The molecule has 8 heteroatoms. The van der Waals surface area contributed by atoms with E-state index in [9.17, 15) is 18.3 Å². The number of carboxylic acids is 1. The highest BCUT2D eigenvalue weighted by atomic mass is 32.2. The number of carbonyl (C=O) groups is 1. The van der Waals surface area contributed by atoms with Crippen LogP contribution in [-0.4, -0.2) is 42.0 Å². The SMILES string of the molecule is CSc1c(C(=O)O)cc2cncnc2c1-c1ccc(S(C)(=O)=O)cc1. The molecular formula is C17H14N2O4S2. The Hall–Kier alpha value is -2.45. The van der Waals surface area contributed by atoms with Gasteiger partial charge in [-0.05, 0) is 30.0 Å². The molecule has 0 unspecified atom stereocenters. The highest BCUT2D eigenvalue weighted by molar-refractivity contribution is 7.98. The van der Waals surface area contributed by atoms with Gasteiger partial charge in [0, 0.05) is 28.3 Å². The first-order valence-electron chi connectivity index (χ1n) is 7.17. The molecule has 2 aromatic carbocycles. The van der Waals surface area contributed by atoms with Gasteiger partial charge in [0.1, 0.15) is 6.33 Å². The first-order valence-corrected chi connectivity index (χ1v) is 10.3. The quantitative estimate of drug-likeness (QED) is 0.701. The minimum absolute atomic E-state index is 0.164. The van der Waals surface area contributed by atoms with Crippen molar-refractivity contribution in [2.75, 3.05) is 12.5 Å². The lowest BCUT2D eigenvalue weighted by Crippen LogP contribution is -2.02. The number of benzene rings is 2. The van der Waals surface area contributed by atoms with E-state index in [2.05, 4.69) is 9.97 Å². The first-order chi connectivity index (χ1) is 11.8. The van der Waals surface area contributed by atoms with Crippen molar-refractivity contribution < 1.29 is 18.3 Å². The molecule has 25 heavy (non-hydrogen) atoms. The van der Waals surface area contributed by atoms with Crippen LogP contribution in [0.5, 0.6) is 0 Å². The maximum atomic E-state index is 11.7. The highest BCUT2D eigenvalue weighted by Gasteiger charge is 2.20. The Morgan fingerprint density at radius 1 is 1.20 bits per heavy atom. The van der Waals surface area contributed by atoms with Crippen molar-refractivity contribution in [3.63, 3.8) is 0 Å². The van der Waals surface area contributed by atoms with Crippen molar-refractivity contribution in [2.24, 2.45) is 0 Å². The molecule has 0 aliphatic carbocycles. The Balaban J connectivity index is 2.36. The van der Waals surface area contributed by atoms with Crippen LogP contribution >= 0.6 is 11.8 Å². The molecule has 0 spiro atoms. The van der Waals surface area contributed by atoms with E-state index < -0.39 is 15.8 Å². The zero-order valence-electron chi connectivity index (χ0n) is 13.4. The third-order valence-corrected chi connectivity index (χ3v) is 5.72. The second kappa shape index (κ2) is 6.45. The molecule has 0 saturated heterocycles. The number of hydrogen-bond donors (Lipinski definition) is 1. The normalized spacial score (nSPS) is 11.6. The van der Waals surface area contributed by atoms with Crippen molar-refractivity contribution in [3.05, 3.63) is 48.4 Å². The van der Waals surface area contributed by atoms with Crippen molar-refractivity contribution >= 4 is 38.5 Å². The van der Waals surface area contributed by atoms with E-state index in [1.54, 1.807) is 30.7 Å². The van der Waals surface area contributed by atoms with Gasteiger partial charge in [-0.3, -0.25) is 0 Å². The molecular weight excluding hydrogens is 360 g/mol. The number of thioether (sulfide) groups is 1. The van der Waals surface area contributed by atoms with Crippen LogP contribution in [0.15, 0.2) is 52.6 Å². The maximum Gasteiger partial charge on any atom is 0.336 e. The van der Waals surface area contributed by atoms with Crippen LogP contribution in [0.4, 0.5) is 0 Å². The van der Waals surface area contributed by atoms with Crippen LogP contribution in [0, 0.1) is 0 Å². The molecule has 1 aromatic heterocycles. The molecule has 0 aliphatic heterocycles. The van der Waals surface area contributed by atoms with Gasteiger partial charge in [0.25, 0.3) is 0 Å². The molecule has 0 fully saturated rings. The number of aromatic carboxylic acids is 1. The molecule has 1 heterocycles. The van der Waals surface area contributed by atoms with Crippen LogP contribution in [0.25, 0.3) is 22.0 Å². The summed E-state index contributed by atoms with van der Waals surface area (Å²) in [5, 5.41) is 10.2. The summed E-state index contributed by atoms with van der Waals surface area (Å²) in [6.45, 7) is 0. The monoisotopic (exact) mass is 374 g/mol. The lowest BCUT2D eigenvalue weighted by molar-refractivity contribution is 0.0693. The summed E-state index contributed by atoms with van der Waals surface area (Å²) in [6, 6.07) is 7.90. The van der Waals surface area contributed by atoms with Gasteiger partial charge in [-0.1, -0.05) is 12.1 Å². The lowest BCUT2D eigenvalue weighted by atomic mass is 9.99. The van der Waals surface area contributed by atoms with Gasteiger partial charge in [0.05, 0.1) is 16.0 Å². The fraction of sp³-hybridized carbons (Fsp3) is 0.118. The molecule has 0 aliphatic rings. The third kappa shape index (κ3) is 3.22. The minimum atomic E-state index is -3.31. The Bertz CT molecular complexity index is 1080. The summed E-state index contributed by atoms with van der Waals surface area (Å²) in [4.78, 5) is 20.7. The van der Waals surface area contributed by atoms with Crippen LogP contribution in [0.3, 0.4) is 0 Å². The molecule has 0 atom stereocenters. The van der Waals surface area contributed by atoms with E-state index in [0.717, 1.165) is 6.26 Å². The van der Waals surface area contributed by atoms with Crippen molar-refractivity contribution in [1.29, 1.82) is 0 Å². The number of carboxylic acid groups (broad SMARTS) is 1. The van der Waals surface area contributed by atoms with Crippen LogP contribution in [0.2, 0.25) is 0 Å². The molecule has 0 saturated carbocycles. The number of aromatic nitrogens is 2. The maximum absolute atomic E-state index is 11.7. The Morgan fingerprint density at radius 3 is 2.44 bits per heavy atom. The molecule has 0 amide bonds. The van der Waals surface area contributed by atoms with Crippen molar-refractivity contribution in [2.45, 2.75) is 9.79 Å². The summed E-state index contributed by atoms with van der Waals surface area (Å²) in [5.74, 6) is -1.04. The second-order valence-electron chi connectivity index (χ2n) is 5.39. The molecule has 0 bridgehead atoms. The van der Waals surface area contributed by atoms with Gasteiger partial charge in [0.2, 0.25) is 0 Å². The zero-order valence-corrected chi connectivity index (χ0v) is 15.1. The highest BCUT2D eigenvalue weighted by Crippen LogP contribution is 2.38. The van der Waals surface area contributed by atoms with Crippen molar-refractivity contribution in [1.82, 2.24) is 9.97 Å². The van der Waals surface area contributed by atoms with Gasteiger partial charge in [-0.15, -0.1) is 11.8 Å². The Kier molecular flexibility index (Phi) is 4.49. The predicted molar refractivity (Wildman–Crippen MR) is 96.8 cm³/mol. The lowest BCUT2D eigenvalue weighted by Gasteiger charge is -2.14. The fourth-order valence-corrected chi connectivity index (χ4v) is 4.04. The van der Waals surface area contributed by atoms with Crippen LogP contribution in [0.1, 0.15) is 10.4 Å². The number of sulfone groups is 1. The zero-order chi connectivity index (χ0) is 18.2. The van der Waals surface area contributed by atoms with Gasteiger partial charge in [-0.25, -0.2) is 23.2 Å². The Labute approximate surface area is 148 Å². The number of fused-ring (bicyclic) bond motifs is 1. The molecule has 6 nitrogen and oxygen atoms in total. The van der Waals surface area contributed by atoms with E-state index in [0.29, 0.717) is 26.9 Å². The van der Waals surface area contributed by atoms with E-state index in [-0.39, 0.29) is 10.5 Å².